The van der Waals surface area contributed by atoms with Gasteiger partial charge in [-0.3, -0.25) is 4.79 Å². The number of ether oxygens (including phenoxy) is 6. The van der Waals surface area contributed by atoms with E-state index in [1.54, 1.807) is 20.3 Å². The van der Waals surface area contributed by atoms with Crippen LogP contribution >= 0.6 is 0 Å². The summed E-state index contributed by atoms with van der Waals surface area (Å²) in [5.74, 6) is 3.15. The molecule has 0 radical (unpaired) electrons. The largest absolute Gasteiger partial charge is 0.492 e. The third-order valence-electron chi connectivity index (χ3n) is 6.05. The quantitative estimate of drug-likeness (QED) is 0.761. The van der Waals surface area contributed by atoms with Gasteiger partial charge in [-0.1, -0.05) is 13.8 Å². The second kappa shape index (κ2) is 6.47. The van der Waals surface area contributed by atoms with Gasteiger partial charge in [0.15, 0.2) is 28.8 Å². The Balaban J connectivity index is 1.92. The maximum atomic E-state index is 13.5. The molecule has 0 N–H and O–H groups in total. The van der Waals surface area contributed by atoms with Crippen LogP contribution in [-0.4, -0.2) is 33.6 Å². The van der Waals surface area contributed by atoms with E-state index in [0.29, 0.717) is 52.0 Å². The second-order valence-electron chi connectivity index (χ2n) is 7.58. The number of hydrogen-bond donors (Lipinski definition) is 0. The van der Waals surface area contributed by atoms with Gasteiger partial charge in [0.2, 0.25) is 25.1 Å². The lowest BCUT2D eigenvalue weighted by molar-refractivity contribution is 0.0892. The maximum Gasteiger partial charge on any atom is 0.231 e. The van der Waals surface area contributed by atoms with Crippen molar-refractivity contribution in [1.29, 1.82) is 0 Å². The third kappa shape index (κ3) is 2.46. The fourth-order valence-corrected chi connectivity index (χ4v) is 4.37. The van der Waals surface area contributed by atoms with Crippen LogP contribution in [0.15, 0.2) is 12.1 Å². The van der Waals surface area contributed by atoms with Gasteiger partial charge in [0.1, 0.15) is 0 Å². The standard InChI is InChI=1S/C22H22O7/c1-10-5-12-6-14-19(28-8-26-14)21(24-3)16(12)17-13(18(23)11(10)2)7-15-20(22(17)25-4)29-9-27-15/h6-7,10-11H,5,8-9H2,1-4H3. The summed E-state index contributed by atoms with van der Waals surface area (Å²) in [4.78, 5) is 13.5. The molecule has 0 fully saturated rings. The second-order valence-corrected chi connectivity index (χ2v) is 7.58. The summed E-state index contributed by atoms with van der Waals surface area (Å²) in [6.45, 7) is 4.26. The highest BCUT2D eigenvalue weighted by Gasteiger charge is 2.38. The molecule has 0 saturated heterocycles. The van der Waals surface area contributed by atoms with Gasteiger partial charge in [-0.05, 0) is 30.0 Å². The normalized spacial score (nSPS) is 21.2. The van der Waals surface area contributed by atoms with Gasteiger partial charge in [0.25, 0.3) is 0 Å². The van der Waals surface area contributed by atoms with Crippen LogP contribution in [0.4, 0.5) is 0 Å². The molecule has 152 valence electrons. The van der Waals surface area contributed by atoms with Crippen molar-refractivity contribution in [3.63, 3.8) is 0 Å². The molecule has 29 heavy (non-hydrogen) atoms. The predicted octanol–water partition coefficient (Wildman–Crippen LogP) is 3.84. The lowest BCUT2D eigenvalue weighted by Crippen LogP contribution is -2.24. The molecule has 2 heterocycles. The fourth-order valence-electron chi connectivity index (χ4n) is 4.37. The van der Waals surface area contributed by atoms with Crippen molar-refractivity contribution in [2.75, 3.05) is 27.8 Å². The Hall–Kier alpha value is -3.09. The van der Waals surface area contributed by atoms with E-state index in [1.807, 2.05) is 13.0 Å². The zero-order valence-electron chi connectivity index (χ0n) is 16.8. The molecule has 2 aromatic carbocycles. The van der Waals surface area contributed by atoms with Gasteiger partial charge in [-0.25, -0.2) is 0 Å². The molecule has 2 atom stereocenters. The Bertz CT molecular complexity index is 1030. The summed E-state index contributed by atoms with van der Waals surface area (Å²) in [7, 11) is 3.15. The molecule has 7 nitrogen and oxygen atoms in total. The summed E-state index contributed by atoms with van der Waals surface area (Å²) in [5, 5.41) is 0. The fraction of sp³-hybridized carbons (Fsp3) is 0.409. The number of methoxy groups -OCH3 is 2. The molecule has 1 aliphatic carbocycles. The summed E-state index contributed by atoms with van der Waals surface area (Å²) >= 11 is 0. The lowest BCUT2D eigenvalue weighted by Gasteiger charge is -2.28. The first-order valence-electron chi connectivity index (χ1n) is 9.59. The van der Waals surface area contributed by atoms with Gasteiger partial charge in [-0.2, -0.15) is 0 Å². The minimum atomic E-state index is -0.177. The summed E-state index contributed by atoms with van der Waals surface area (Å²) < 4.78 is 34.1. The van der Waals surface area contributed by atoms with E-state index in [-0.39, 0.29) is 31.2 Å². The Kier molecular flexibility index (Phi) is 4.01. The van der Waals surface area contributed by atoms with Crippen LogP contribution in [0.3, 0.4) is 0 Å². The van der Waals surface area contributed by atoms with E-state index in [2.05, 4.69) is 6.92 Å². The number of carbonyl (C=O) groups excluding carboxylic acids is 1. The number of fused-ring (bicyclic) bond motifs is 5. The number of ketones is 1. The smallest absolute Gasteiger partial charge is 0.231 e. The molecule has 0 spiro atoms. The SMILES string of the molecule is COc1c2c(cc3c1-c1c(cc4c(c1OC)OCO4)C(=O)C(C)C(C)C3)OCO2. The van der Waals surface area contributed by atoms with E-state index < -0.39 is 0 Å². The average Bonchev–Trinajstić information content (AvgIpc) is 3.38. The van der Waals surface area contributed by atoms with Crippen LogP contribution in [0.25, 0.3) is 11.1 Å². The van der Waals surface area contributed by atoms with Gasteiger partial charge in [0, 0.05) is 22.6 Å². The summed E-state index contributed by atoms with van der Waals surface area (Å²) in [6.07, 6.45) is 0.687. The van der Waals surface area contributed by atoms with Crippen LogP contribution in [-0.2, 0) is 6.42 Å². The molecule has 0 saturated carbocycles. The van der Waals surface area contributed by atoms with Crippen LogP contribution in [0.5, 0.6) is 34.5 Å². The predicted molar refractivity (Wildman–Crippen MR) is 104 cm³/mol. The third-order valence-corrected chi connectivity index (χ3v) is 6.05. The number of carbonyl (C=O) groups is 1. The van der Waals surface area contributed by atoms with Crippen molar-refractivity contribution in [2.24, 2.45) is 11.8 Å². The van der Waals surface area contributed by atoms with Crippen molar-refractivity contribution < 1.29 is 33.2 Å². The molecule has 2 aromatic rings. The monoisotopic (exact) mass is 398 g/mol. The molecule has 3 aliphatic rings. The minimum absolute atomic E-state index is 0.0365. The first-order chi connectivity index (χ1) is 14.0. The highest BCUT2D eigenvalue weighted by molar-refractivity contribution is 6.08. The number of Topliss-reactive ketones (excluding diaryl/α,β-unsaturated/α-hetero) is 1. The molecule has 5 rings (SSSR count). The molecule has 2 unspecified atom stereocenters. The molecule has 0 amide bonds. The van der Waals surface area contributed by atoms with Gasteiger partial charge in [-0.15, -0.1) is 0 Å². The lowest BCUT2D eigenvalue weighted by atomic mass is 9.77. The van der Waals surface area contributed by atoms with E-state index in [4.69, 9.17) is 28.4 Å². The van der Waals surface area contributed by atoms with E-state index in [0.717, 1.165) is 11.1 Å². The van der Waals surface area contributed by atoms with E-state index in [1.165, 1.54) is 0 Å². The summed E-state index contributed by atoms with van der Waals surface area (Å²) in [5.41, 5.74) is 2.96. The zero-order valence-corrected chi connectivity index (χ0v) is 16.8. The van der Waals surface area contributed by atoms with Crippen LogP contribution in [0.2, 0.25) is 0 Å². The Morgan fingerprint density at radius 2 is 1.45 bits per heavy atom. The highest BCUT2D eigenvalue weighted by Crippen LogP contribution is 2.57. The minimum Gasteiger partial charge on any atom is -0.492 e. The highest BCUT2D eigenvalue weighted by atomic mass is 16.7. The number of hydrogen-bond acceptors (Lipinski definition) is 7. The van der Waals surface area contributed by atoms with E-state index in [9.17, 15) is 4.79 Å². The first-order valence-corrected chi connectivity index (χ1v) is 9.59. The molecular weight excluding hydrogens is 376 g/mol. The van der Waals surface area contributed by atoms with Crippen molar-refractivity contribution in [2.45, 2.75) is 20.3 Å². The maximum absolute atomic E-state index is 13.5. The molecule has 7 heteroatoms. The van der Waals surface area contributed by atoms with Crippen molar-refractivity contribution in [3.05, 3.63) is 23.3 Å². The molecule has 2 aliphatic heterocycles. The van der Waals surface area contributed by atoms with Crippen molar-refractivity contribution in [1.82, 2.24) is 0 Å². The first kappa shape index (κ1) is 18.0. The molecular formula is C22H22O7. The molecule has 0 aromatic heterocycles. The molecule has 0 bridgehead atoms. The van der Waals surface area contributed by atoms with Gasteiger partial charge in [0.05, 0.1) is 14.2 Å². The Morgan fingerprint density at radius 3 is 2.07 bits per heavy atom. The van der Waals surface area contributed by atoms with Crippen LogP contribution in [0, 0.1) is 11.8 Å². The van der Waals surface area contributed by atoms with Crippen LogP contribution in [0.1, 0.15) is 29.8 Å². The van der Waals surface area contributed by atoms with Crippen LogP contribution < -0.4 is 28.4 Å². The topological polar surface area (TPSA) is 72.5 Å². The summed E-state index contributed by atoms with van der Waals surface area (Å²) in [6, 6.07) is 3.73. The van der Waals surface area contributed by atoms with Gasteiger partial charge >= 0.3 is 0 Å². The van der Waals surface area contributed by atoms with Crippen molar-refractivity contribution >= 4 is 5.78 Å². The average molecular weight is 398 g/mol. The van der Waals surface area contributed by atoms with Gasteiger partial charge < -0.3 is 28.4 Å². The van der Waals surface area contributed by atoms with E-state index >= 15 is 0 Å². The number of rotatable bonds is 2. The number of benzene rings is 2. The Morgan fingerprint density at radius 1 is 0.862 bits per heavy atom. The Labute approximate surface area is 168 Å². The zero-order chi connectivity index (χ0) is 20.3. The van der Waals surface area contributed by atoms with Crippen molar-refractivity contribution in [3.8, 4) is 45.6 Å².